The van der Waals surface area contributed by atoms with E-state index in [0.717, 1.165) is 5.56 Å². The molecule has 0 aliphatic carbocycles. The third-order valence-electron chi connectivity index (χ3n) is 3.11. The van der Waals surface area contributed by atoms with Gasteiger partial charge in [-0.3, -0.25) is 0 Å². The largest absolute Gasteiger partial charge is 0.493 e. The zero-order valence-corrected chi connectivity index (χ0v) is 11.9. The molecule has 6 nitrogen and oxygen atoms in total. The van der Waals surface area contributed by atoms with Gasteiger partial charge in [0.25, 0.3) is 0 Å². The summed E-state index contributed by atoms with van der Waals surface area (Å²) in [6.07, 6.45) is 2.71. The molecule has 0 atom stereocenters. The topological polar surface area (TPSA) is 88.2 Å². The highest BCUT2D eigenvalue weighted by Crippen LogP contribution is 2.31. The van der Waals surface area contributed by atoms with Gasteiger partial charge in [-0.2, -0.15) is 9.78 Å². The number of hydrogen-bond acceptors (Lipinski definition) is 4. The number of carboxylic acid groups (broad SMARTS) is 1. The van der Waals surface area contributed by atoms with Crippen LogP contribution in [-0.4, -0.2) is 30.9 Å². The molecule has 0 saturated carbocycles. The number of aromatic hydroxyl groups is 1. The Balaban J connectivity index is 1.99. The van der Waals surface area contributed by atoms with Crippen molar-refractivity contribution in [2.75, 3.05) is 0 Å². The summed E-state index contributed by atoms with van der Waals surface area (Å²) in [6.45, 7) is 0. The number of hydrogen-bond donors (Lipinski definition) is 2. The maximum atomic E-state index is 10.8. The van der Waals surface area contributed by atoms with Gasteiger partial charge in [0.1, 0.15) is 0 Å². The molecule has 0 saturated heterocycles. The maximum absolute atomic E-state index is 10.8. The molecule has 0 bridgehead atoms. The van der Waals surface area contributed by atoms with Gasteiger partial charge in [-0.25, -0.2) is 9.78 Å². The summed E-state index contributed by atoms with van der Waals surface area (Å²) in [7, 11) is 0. The number of aromatic nitrogens is 3. The first-order valence-electron chi connectivity index (χ1n) is 6.29. The van der Waals surface area contributed by atoms with E-state index in [-0.39, 0.29) is 11.4 Å². The molecular weight excluding hydrogens is 306 g/mol. The van der Waals surface area contributed by atoms with E-state index in [1.807, 2.05) is 0 Å². The minimum atomic E-state index is -1.06. The normalized spacial score (nSPS) is 10.6. The SMILES string of the molecule is O=C(O)c1ccc(-n2ncc(-c3ccc(Cl)cc3)c2O)nc1. The van der Waals surface area contributed by atoms with Gasteiger partial charge in [0.2, 0.25) is 5.88 Å². The number of carboxylic acids is 1. The Morgan fingerprint density at radius 3 is 2.41 bits per heavy atom. The fourth-order valence-corrected chi connectivity index (χ4v) is 2.11. The number of pyridine rings is 1. The van der Waals surface area contributed by atoms with E-state index in [2.05, 4.69) is 10.1 Å². The van der Waals surface area contributed by atoms with E-state index >= 15 is 0 Å². The third kappa shape index (κ3) is 2.51. The van der Waals surface area contributed by atoms with Crippen molar-refractivity contribution >= 4 is 17.6 Å². The fourth-order valence-electron chi connectivity index (χ4n) is 1.98. The van der Waals surface area contributed by atoms with Crippen molar-refractivity contribution in [2.24, 2.45) is 0 Å². The van der Waals surface area contributed by atoms with Crippen LogP contribution < -0.4 is 0 Å². The summed E-state index contributed by atoms with van der Waals surface area (Å²) >= 11 is 5.84. The lowest BCUT2D eigenvalue weighted by Gasteiger charge is -2.04. The van der Waals surface area contributed by atoms with E-state index in [1.54, 1.807) is 24.3 Å². The molecule has 0 amide bonds. The molecule has 0 fully saturated rings. The van der Waals surface area contributed by atoms with Gasteiger partial charge >= 0.3 is 5.97 Å². The second-order valence-corrected chi connectivity index (χ2v) is 4.95. The molecule has 3 rings (SSSR count). The molecule has 2 heterocycles. The van der Waals surface area contributed by atoms with Crippen LogP contribution in [0.15, 0.2) is 48.8 Å². The first-order valence-corrected chi connectivity index (χ1v) is 6.66. The third-order valence-corrected chi connectivity index (χ3v) is 3.36. The van der Waals surface area contributed by atoms with E-state index < -0.39 is 5.97 Å². The van der Waals surface area contributed by atoms with Crippen molar-refractivity contribution in [3.8, 4) is 22.8 Å². The molecule has 0 aliphatic heterocycles. The summed E-state index contributed by atoms with van der Waals surface area (Å²) < 4.78 is 1.23. The van der Waals surface area contributed by atoms with Crippen LogP contribution in [-0.2, 0) is 0 Å². The predicted octanol–water partition coefficient (Wildman–Crippen LogP) is 2.99. The number of nitrogens with zero attached hydrogens (tertiary/aromatic N) is 3. The average molecular weight is 316 g/mol. The van der Waals surface area contributed by atoms with Crippen LogP contribution in [0.4, 0.5) is 0 Å². The Labute approximate surface area is 130 Å². The Morgan fingerprint density at radius 1 is 1.09 bits per heavy atom. The minimum Gasteiger partial charge on any atom is -0.493 e. The molecule has 0 unspecified atom stereocenters. The molecular formula is C15H10ClN3O3. The maximum Gasteiger partial charge on any atom is 0.337 e. The van der Waals surface area contributed by atoms with Crippen LogP contribution in [0.5, 0.6) is 5.88 Å². The molecule has 110 valence electrons. The van der Waals surface area contributed by atoms with Crippen LogP contribution >= 0.6 is 11.6 Å². The van der Waals surface area contributed by atoms with Crippen molar-refractivity contribution in [3.05, 3.63) is 59.4 Å². The highest BCUT2D eigenvalue weighted by molar-refractivity contribution is 6.30. The number of carbonyl (C=O) groups is 1. The summed E-state index contributed by atoms with van der Waals surface area (Å²) in [5.74, 6) is -0.828. The van der Waals surface area contributed by atoms with Crippen molar-refractivity contribution in [3.63, 3.8) is 0 Å². The number of aromatic carboxylic acids is 1. The van der Waals surface area contributed by atoms with Crippen LogP contribution in [0.1, 0.15) is 10.4 Å². The number of halogens is 1. The zero-order valence-electron chi connectivity index (χ0n) is 11.1. The first-order chi connectivity index (χ1) is 10.6. The fraction of sp³-hybridized carbons (Fsp3) is 0. The summed E-state index contributed by atoms with van der Waals surface area (Å²) in [5, 5.41) is 23.8. The van der Waals surface area contributed by atoms with Gasteiger partial charge in [0.05, 0.1) is 17.3 Å². The van der Waals surface area contributed by atoms with E-state index in [0.29, 0.717) is 16.4 Å². The monoisotopic (exact) mass is 315 g/mol. The van der Waals surface area contributed by atoms with Crippen LogP contribution in [0.3, 0.4) is 0 Å². The number of benzene rings is 1. The number of rotatable bonds is 3. The second-order valence-electron chi connectivity index (χ2n) is 4.51. The highest BCUT2D eigenvalue weighted by atomic mass is 35.5. The molecule has 7 heteroatoms. The van der Waals surface area contributed by atoms with Gasteiger partial charge in [-0.1, -0.05) is 23.7 Å². The highest BCUT2D eigenvalue weighted by Gasteiger charge is 2.14. The molecule has 2 aromatic heterocycles. The van der Waals surface area contributed by atoms with Crippen LogP contribution in [0.2, 0.25) is 5.02 Å². The minimum absolute atomic E-state index is 0.0633. The average Bonchev–Trinajstić information content (AvgIpc) is 2.90. The standard InChI is InChI=1S/C15H10ClN3O3/c16-11-4-1-9(2-5-11)12-8-18-19(14(12)20)13-6-3-10(7-17-13)15(21)22/h1-8,20H,(H,21,22). The Hall–Kier alpha value is -2.86. The molecule has 22 heavy (non-hydrogen) atoms. The second kappa shape index (κ2) is 5.50. The smallest absolute Gasteiger partial charge is 0.337 e. The zero-order chi connectivity index (χ0) is 15.7. The quantitative estimate of drug-likeness (QED) is 0.775. The molecule has 1 aromatic carbocycles. The summed E-state index contributed by atoms with van der Waals surface area (Å²) in [5.41, 5.74) is 1.35. The predicted molar refractivity (Wildman–Crippen MR) is 80.4 cm³/mol. The Morgan fingerprint density at radius 2 is 1.82 bits per heavy atom. The van der Waals surface area contributed by atoms with Gasteiger partial charge in [0.15, 0.2) is 5.82 Å². The van der Waals surface area contributed by atoms with Crippen molar-refractivity contribution < 1.29 is 15.0 Å². The van der Waals surface area contributed by atoms with E-state index in [1.165, 1.54) is 29.2 Å². The van der Waals surface area contributed by atoms with Crippen LogP contribution in [0.25, 0.3) is 16.9 Å². The van der Waals surface area contributed by atoms with E-state index in [4.69, 9.17) is 16.7 Å². The molecule has 3 aromatic rings. The summed E-state index contributed by atoms with van der Waals surface area (Å²) in [6, 6.07) is 9.84. The van der Waals surface area contributed by atoms with Gasteiger partial charge in [0, 0.05) is 11.2 Å². The van der Waals surface area contributed by atoms with Gasteiger partial charge in [-0.15, -0.1) is 0 Å². The Kier molecular flexibility index (Phi) is 3.52. The molecule has 2 N–H and O–H groups in total. The van der Waals surface area contributed by atoms with Crippen molar-refractivity contribution in [1.82, 2.24) is 14.8 Å². The van der Waals surface area contributed by atoms with Crippen molar-refractivity contribution in [1.29, 1.82) is 0 Å². The van der Waals surface area contributed by atoms with Crippen LogP contribution in [0, 0.1) is 0 Å². The summed E-state index contributed by atoms with van der Waals surface area (Å²) in [4.78, 5) is 14.8. The van der Waals surface area contributed by atoms with Gasteiger partial charge in [-0.05, 0) is 29.8 Å². The Bertz CT molecular complexity index is 826. The molecule has 0 aliphatic rings. The molecule has 0 radical (unpaired) electrons. The van der Waals surface area contributed by atoms with E-state index in [9.17, 15) is 9.90 Å². The lowest BCUT2D eigenvalue weighted by Crippen LogP contribution is -2.02. The van der Waals surface area contributed by atoms with Gasteiger partial charge < -0.3 is 10.2 Å². The first kappa shape index (κ1) is 14.1. The molecule has 0 spiro atoms. The lowest BCUT2D eigenvalue weighted by molar-refractivity contribution is 0.0696. The lowest BCUT2D eigenvalue weighted by atomic mass is 10.1. The van der Waals surface area contributed by atoms with Crippen molar-refractivity contribution in [2.45, 2.75) is 0 Å².